The summed E-state index contributed by atoms with van der Waals surface area (Å²) in [6, 6.07) is 3.07. The molecule has 24 heavy (non-hydrogen) atoms. The number of benzene rings is 1. The van der Waals surface area contributed by atoms with Crippen LogP contribution in [0.5, 0.6) is 0 Å². The Balaban J connectivity index is 2.56. The Hall–Kier alpha value is -2.35. The third-order valence-electron chi connectivity index (χ3n) is 4.06. The number of allylic oxidation sites excluding steroid dienone is 2. The Morgan fingerprint density at radius 3 is 2.46 bits per heavy atom. The van der Waals surface area contributed by atoms with E-state index in [1.54, 1.807) is 13.8 Å². The van der Waals surface area contributed by atoms with Crippen molar-refractivity contribution in [2.45, 2.75) is 31.6 Å². The average molecular weight is 351 g/mol. The van der Waals surface area contributed by atoms with Crippen LogP contribution in [0.3, 0.4) is 0 Å². The number of nitro benzene ring substituents is 1. The van der Waals surface area contributed by atoms with Crippen LogP contribution in [-0.4, -0.2) is 31.2 Å². The molecule has 1 aliphatic carbocycles. The molecule has 0 atom stereocenters. The fourth-order valence-electron chi connectivity index (χ4n) is 2.57. The highest BCUT2D eigenvalue weighted by atomic mass is 32.2. The minimum Gasteiger partial charge on any atom is -0.293 e. The molecule has 0 bridgehead atoms. The molecule has 0 radical (unpaired) electrons. The standard InChI is InChI=1S/C16H17NO6S/c1-16(2)8-4-5-12(15(16)19)14(18)11-7-6-10(24(3,22)23)9-13(11)17(20)21/h5-7,9H,4,8H2,1-3H3. The van der Waals surface area contributed by atoms with Crippen molar-refractivity contribution < 1.29 is 22.9 Å². The van der Waals surface area contributed by atoms with Crippen LogP contribution in [0.15, 0.2) is 34.7 Å². The van der Waals surface area contributed by atoms with Gasteiger partial charge in [-0.3, -0.25) is 19.7 Å². The third kappa shape index (κ3) is 3.28. The fraction of sp³-hybridized carbons (Fsp3) is 0.375. The number of rotatable bonds is 4. The van der Waals surface area contributed by atoms with Crippen LogP contribution < -0.4 is 0 Å². The molecule has 0 saturated heterocycles. The quantitative estimate of drug-likeness (QED) is 0.356. The zero-order chi connectivity index (χ0) is 18.3. The third-order valence-corrected chi connectivity index (χ3v) is 5.17. The molecule has 0 aliphatic heterocycles. The van der Waals surface area contributed by atoms with E-state index in [4.69, 9.17) is 0 Å². The van der Waals surface area contributed by atoms with E-state index in [0.717, 1.165) is 24.5 Å². The number of nitrogens with zero attached hydrogens (tertiary/aromatic N) is 1. The van der Waals surface area contributed by atoms with Gasteiger partial charge in [-0.15, -0.1) is 0 Å². The maximum Gasteiger partial charge on any atom is 0.281 e. The van der Waals surface area contributed by atoms with Crippen molar-refractivity contribution in [2.24, 2.45) is 5.41 Å². The van der Waals surface area contributed by atoms with Gasteiger partial charge in [0.1, 0.15) is 5.56 Å². The number of carbonyl (C=O) groups excluding carboxylic acids is 2. The summed E-state index contributed by atoms with van der Waals surface area (Å²) in [6.45, 7) is 3.44. The number of ketones is 2. The fourth-order valence-corrected chi connectivity index (χ4v) is 3.22. The molecule has 1 aromatic carbocycles. The maximum absolute atomic E-state index is 12.6. The summed E-state index contributed by atoms with van der Waals surface area (Å²) in [5.41, 5.74) is -1.70. The number of nitro groups is 1. The summed E-state index contributed by atoms with van der Waals surface area (Å²) in [6.07, 6.45) is 3.53. The van der Waals surface area contributed by atoms with Crippen molar-refractivity contribution in [3.8, 4) is 0 Å². The summed E-state index contributed by atoms with van der Waals surface area (Å²) in [5.74, 6) is -1.11. The second-order valence-corrected chi connectivity index (χ2v) is 8.42. The Kier molecular flexibility index (Phi) is 4.45. The second-order valence-electron chi connectivity index (χ2n) is 6.41. The molecule has 0 unspecified atom stereocenters. The molecule has 0 aromatic heterocycles. The van der Waals surface area contributed by atoms with E-state index in [9.17, 15) is 28.1 Å². The van der Waals surface area contributed by atoms with E-state index in [1.165, 1.54) is 6.08 Å². The van der Waals surface area contributed by atoms with Gasteiger partial charge in [0.15, 0.2) is 15.6 Å². The van der Waals surface area contributed by atoms with Crippen LogP contribution in [0.25, 0.3) is 0 Å². The Morgan fingerprint density at radius 1 is 1.29 bits per heavy atom. The zero-order valence-corrected chi connectivity index (χ0v) is 14.3. The minimum absolute atomic E-state index is 0.0820. The molecule has 0 spiro atoms. The lowest BCUT2D eigenvalue weighted by Crippen LogP contribution is -2.32. The van der Waals surface area contributed by atoms with Crippen LogP contribution in [0, 0.1) is 15.5 Å². The lowest BCUT2D eigenvalue weighted by atomic mass is 9.74. The van der Waals surface area contributed by atoms with Crippen molar-refractivity contribution >= 4 is 27.1 Å². The molecule has 0 saturated carbocycles. The SMILES string of the molecule is CC1(C)CCC=C(C(=O)c2ccc(S(C)(=O)=O)cc2[N+](=O)[O-])C1=O. The minimum atomic E-state index is -3.65. The van der Waals surface area contributed by atoms with Gasteiger partial charge in [0, 0.05) is 17.7 Å². The van der Waals surface area contributed by atoms with Gasteiger partial charge >= 0.3 is 0 Å². The summed E-state index contributed by atoms with van der Waals surface area (Å²) < 4.78 is 23.1. The number of Topliss-reactive ketones (excluding diaryl/α,β-unsaturated/α-hetero) is 2. The van der Waals surface area contributed by atoms with E-state index in [0.29, 0.717) is 12.8 Å². The lowest BCUT2D eigenvalue weighted by molar-refractivity contribution is -0.385. The number of carbonyl (C=O) groups is 2. The molecule has 0 heterocycles. The molecule has 0 amide bonds. The first kappa shape index (κ1) is 18.0. The number of sulfone groups is 1. The lowest BCUT2D eigenvalue weighted by Gasteiger charge is -2.27. The van der Waals surface area contributed by atoms with Crippen LogP contribution in [0.1, 0.15) is 37.0 Å². The molecule has 128 valence electrons. The topological polar surface area (TPSA) is 111 Å². The van der Waals surface area contributed by atoms with Crippen LogP contribution in [-0.2, 0) is 14.6 Å². The van der Waals surface area contributed by atoms with E-state index < -0.39 is 31.6 Å². The first-order chi connectivity index (χ1) is 10.9. The van der Waals surface area contributed by atoms with Gasteiger partial charge in [0.2, 0.25) is 5.78 Å². The first-order valence-corrected chi connectivity index (χ1v) is 9.12. The molecule has 0 N–H and O–H groups in total. The smallest absolute Gasteiger partial charge is 0.281 e. The van der Waals surface area contributed by atoms with Crippen molar-refractivity contribution in [3.05, 3.63) is 45.5 Å². The van der Waals surface area contributed by atoms with Gasteiger partial charge < -0.3 is 0 Å². The average Bonchev–Trinajstić information content (AvgIpc) is 2.47. The van der Waals surface area contributed by atoms with Gasteiger partial charge in [-0.2, -0.15) is 0 Å². The van der Waals surface area contributed by atoms with Crippen molar-refractivity contribution in [1.82, 2.24) is 0 Å². The van der Waals surface area contributed by atoms with Crippen molar-refractivity contribution in [1.29, 1.82) is 0 Å². The van der Waals surface area contributed by atoms with E-state index in [2.05, 4.69) is 0 Å². The molecule has 1 aliphatic rings. The summed E-state index contributed by atoms with van der Waals surface area (Å²) in [4.78, 5) is 35.2. The highest BCUT2D eigenvalue weighted by molar-refractivity contribution is 7.90. The van der Waals surface area contributed by atoms with Gasteiger partial charge in [-0.1, -0.05) is 19.9 Å². The van der Waals surface area contributed by atoms with Crippen LogP contribution >= 0.6 is 0 Å². The normalized spacial score (nSPS) is 17.3. The Bertz CT molecular complexity index is 880. The monoisotopic (exact) mass is 351 g/mol. The largest absolute Gasteiger partial charge is 0.293 e. The molecule has 2 rings (SSSR count). The second kappa shape index (κ2) is 5.94. The molecular formula is C16H17NO6S. The van der Waals surface area contributed by atoms with Crippen molar-refractivity contribution in [3.63, 3.8) is 0 Å². The predicted octanol–water partition coefficient (Wildman–Crippen LogP) is 2.50. The van der Waals surface area contributed by atoms with Gasteiger partial charge in [-0.05, 0) is 25.0 Å². The van der Waals surface area contributed by atoms with Gasteiger partial charge in [0.25, 0.3) is 5.69 Å². The van der Waals surface area contributed by atoms with E-state index >= 15 is 0 Å². The van der Waals surface area contributed by atoms with Crippen LogP contribution in [0.2, 0.25) is 0 Å². The Morgan fingerprint density at radius 2 is 1.92 bits per heavy atom. The maximum atomic E-state index is 12.6. The van der Waals surface area contributed by atoms with Gasteiger partial charge in [0.05, 0.1) is 15.4 Å². The highest BCUT2D eigenvalue weighted by Gasteiger charge is 2.37. The first-order valence-electron chi connectivity index (χ1n) is 7.23. The summed E-state index contributed by atoms with van der Waals surface area (Å²) >= 11 is 0. The highest BCUT2D eigenvalue weighted by Crippen LogP contribution is 2.34. The number of hydrogen-bond donors (Lipinski definition) is 0. The summed E-state index contributed by atoms with van der Waals surface area (Å²) in [7, 11) is -3.65. The molecule has 8 heteroatoms. The van der Waals surface area contributed by atoms with Gasteiger partial charge in [-0.25, -0.2) is 8.42 Å². The van der Waals surface area contributed by atoms with Crippen molar-refractivity contribution in [2.75, 3.05) is 6.26 Å². The zero-order valence-electron chi connectivity index (χ0n) is 13.5. The summed E-state index contributed by atoms with van der Waals surface area (Å²) in [5, 5.41) is 11.3. The predicted molar refractivity (Wildman–Crippen MR) is 86.6 cm³/mol. The van der Waals surface area contributed by atoms with Crippen LogP contribution in [0.4, 0.5) is 5.69 Å². The van der Waals surface area contributed by atoms with E-state index in [1.807, 2.05) is 0 Å². The molecular weight excluding hydrogens is 334 g/mol. The van der Waals surface area contributed by atoms with E-state index in [-0.39, 0.29) is 21.8 Å². The number of hydrogen-bond acceptors (Lipinski definition) is 6. The molecule has 7 nitrogen and oxygen atoms in total. The molecule has 0 fully saturated rings. The molecule has 1 aromatic rings. The Labute approximate surface area is 139 Å².